The number of carbonyl (C=O) groups is 1. The number of hydrogen-bond acceptors (Lipinski definition) is 3. The Bertz CT molecular complexity index is 735. The van der Waals surface area contributed by atoms with Crippen molar-refractivity contribution in [3.8, 4) is 0 Å². The van der Waals surface area contributed by atoms with Crippen LogP contribution in [0, 0.1) is 5.82 Å². The third-order valence-electron chi connectivity index (χ3n) is 4.64. The first-order valence-electron chi connectivity index (χ1n) is 8.66. The summed E-state index contributed by atoms with van der Waals surface area (Å²) in [6.07, 6.45) is 2.55. The van der Waals surface area contributed by atoms with Gasteiger partial charge in [-0.1, -0.05) is 36.4 Å². The average Bonchev–Trinajstić information content (AvgIpc) is 3.04. The van der Waals surface area contributed by atoms with Crippen LogP contribution in [0.5, 0.6) is 0 Å². The Kier molecular flexibility index (Phi) is 5.79. The van der Waals surface area contributed by atoms with Crippen molar-refractivity contribution in [1.29, 1.82) is 0 Å². The van der Waals surface area contributed by atoms with Crippen LogP contribution < -0.4 is 5.32 Å². The van der Waals surface area contributed by atoms with E-state index in [1.807, 2.05) is 12.1 Å². The predicted molar refractivity (Wildman–Crippen MR) is 95.8 cm³/mol. The monoisotopic (exact) mass is 342 g/mol. The predicted octanol–water partition coefficient (Wildman–Crippen LogP) is 3.14. The van der Waals surface area contributed by atoms with Crippen molar-refractivity contribution < 1.29 is 14.3 Å². The number of nitrogens with zero attached hydrogens (tertiary/aromatic N) is 1. The standard InChI is InChI=1S/C20H23FN2O2/c21-17-8-3-4-9-18(17)22-20(25)14-23(12-5-13-24)19-11-10-15-6-1-2-7-16(15)19/h1-4,6-9,19,24H,5,10-14H2,(H,22,25). The van der Waals surface area contributed by atoms with E-state index < -0.39 is 5.82 Å². The maximum absolute atomic E-state index is 13.7. The average molecular weight is 342 g/mol. The Morgan fingerprint density at radius 3 is 2.76 bits per heavy atom. The molecule has 0 radical (unpaired) electrons. The molecule has 0 heterocycles. The number of para-hydroxylation sites is 1. The van der Waals surface area contributed by atoms with E-state index in [2.05, 4.69) is 22.3 Å². The molecule has 4 nitrogen and oxygen atoms in total. The van der Waals surface area contributed by atoms with Gasteiger partial charge in [-0.25, -0.2) is 4.39 Å². The van der Waals surface area contributed by atoms with Gasteiger partial charge in [0.2, 0.25) is 5.91 Å². The molecule has 0 fully saturated rings. The molecule has 2 aromatic rings. The molecule has 1 unspecified atom stereocenters. The largest absolute Gasteiger partial charge is 0.396 e. The van der Waals surface area contributed by atoms with Crippen LogP contribution in [0.1, 0.15) is 30.0 Å². The van der Waals surface area contributed by atoms with E-state index in [1.54, 1.807) is 18.2 Å². The lowest BCUT2D eigenvalue weighted by molar-refractivity contribution is -0.118. The molecule has 0 saturated carbocycles. The van der Waals surface area contributed by atoms with Gasteiger partial charge >= 0.3 is 0 Å². The van der Waals surface area contributed by atoms with Crippen molar-refractivity contribution in [1.82, 2.24) is 4.90 Å². The van der Waals surface area contributed by atoms with Gasteiger partial charge in [-0.2, -0.15) is 0 Å². The first kappa shape index (κ1) is 17.6. The Balaban J connectivity index is 1.71. The third-order valence-corrected chi connectivity index (χ3v) is 4.64. The second-order valence-electron chi connectivity index (χ2n) is 6.33. The second kappa shape index (κ2) is 8.23. The first-order chi connectivity index (χ1) is 12.2. The van der Waals surface area contributed by atoms with Crippen molar-refractivity contribution in [3.05, 3.63) is 65.5 Å². The highest BCUT2D eigenvalue weighted by molar-refractivity contribution is 5.92. The summed E-state index contributed by atoms with van der Waals surface area (Å²) in [5, 5.41) is 11.8. The highest BCUT2D eigenvalue weighted by Crippen LogP contribution is 2.35. The quantitative estimate of drug-likeness (QED) is 0.813. The maximum Gasteiger partial charge on any atom is 0.238 e. The number of rotatable bonds is 7. The minimum atomic E-state index is -0.441. The fraction of sp³-hybridized carbons (Fsp3) is 0.350. The number of aliphatic hydroxyl groups is 1. The summed E-state index contributed by atoms with van der Waals surface area (Å²) in [6.45, 7) is 0.882. The fourth-order valence-electron chi connectivity index (χ4n) is 3.47. The van der Waals surface area contributed by atoms with E-state index in [9.17, 15) is 14.3 Å². The van der Waals surface area contributed by atoms with Gasteiger partial charge in [-0.15, -0.1) is 0 Å². The summed E-state index contributed by atoms with van der Waals surface area (Å²) < 4.78 is 13.7. The summed E-state index contributed by atoms with van der Waals surface area (Å²) in [6, 6.07) is 14.6. The SMILES string of the molecule is O=C(CN(CCCO)C1CCc2ccccc21)Nc1ccccc1F. The number of aliphatic hydroxyl groups excluding tert-OH is 1. The van der Waals surface area contributed by atoms with Crippen LogP contribution in [0.25, 0.3) is 0 Å². The molecule has 0 saturated heterocycles. The van der Waals surface area contributed by atoms with Crippen LogP contribution in [0.3, 0.4) is 0 Å². The zero-order chi connectivity index (χ0) is 17.6. The Labute approximate surface area is 147 Å². The molecule has 3 rings (SSSR count). The Hall–Kier alpha value is -2.24. The molecule has 0 bridgehead atoms. The van der Waals surface area contributed by atoms with Gasteiger partial charge in [-0.3, -0.25) is 9.69 Å². The number of amides is 1. The minimum Gasteiger partial charge on any atom is -0.396 e. The van der Waals surface area contributed by atoms with Crippen LogP contribution >= 0.6 is 0 Å². The van der Waals surface area contributed by atoms with Gasteiger partial charge in [0.15, 0.2) is 0 Å². The molecule has 0 spiro atoms. The van der Waals surface area contributed by atoms with Gasteiger partial charge < -0.3 is 10.4 Å². The van der Waals surface area contributed by atoms with Gasteiger partial charge in [0, 0.05) is 19.2 Å². The molecular formula is C20H23FN2O2. The molecule has 1 atom stereocenters. The molecule has 1 aliphatic carbocycles. The molecule has 0 aliphatic heterocycles. The van der Waals surface area contributed by atoms with Crippen molar-refractivity contribution in [2.24, 2.45) is 0 Å². The van der Waals surface area contributed by atoms with Gasteiger partial charge in [0.25, 0.3) is 0 Å². The molecule has 2 N–H and O–H groups in total. The van der Waals surface area contributed by atoms with E-state index in [0.29, 0.717) is 13.0 Å². The smallest absolute Gasteiger partial charge is 0.238 e. The van der Waals surface area contributed by atoms with Crippen molar-refractivity contribution in [3.63, 3.8) is 0 Å². The normalized spacial score (nSPS) is 16.0. The molecule has 25 heavy (non-hydrogen) atoms. The second-order valence-corrected chi connectivity index (χ2v) is 6.33. The molecule has 132 valence electrons. The fourth-order valence-corrected chi connectivity index (χ4v) is 3.47. The molecule has 0 aromatic heterocycles. The van der Waals surface area contributed by atoms with Crippen LogP contribution in [-0.2, 0) is 11.2 Å². The molecule has 2 aromatic carbocycles. The maximum atomic E-state index is 13.7. The van der Waals surface area contributed by atoms with Crippen molar-refractivity contribution in [2.75, 3.05) is 25.0 Å². The highest BCUT2D eigenvalue weighted by Gasteiger charge is 2.28. The number of carbonyl (C=O) groups excluding carboxylic acids is 1. The Morgan fingerprint density at radius 1 is 1.20 bits per heavy atom. The minimum absolute atomic E-state index is 0.0831. The number of nitrogens with one attached hydrogen (secondary N) is 1. The summed E-state index contributed by atoms with van der Waals surface area (Å²) in [5.74, 6) is -0.684. The van der Waals surface area contributed by atoms with Gasteiger partial charge in [-0.05, 0) is 42.5 Å². The zero-order valence-corrected chi connectivity index (χ0v) is 14.1. The number of fused-ring (bicyclic) bond motifs is 1. The van der Waals surface area contributed by atoms with E-state index >= 15 is 0 Å². The lowest BCUT2D eigenvalue weighted by Gasteiger charge is -2.29. The van der Waals surface area contributed by atoms with E-state index in [1.165, 1.54) is 17.2 Å². The van der Waals surface area contributed by atoms with Crippen LogP contribution in [0.15, 0.2) is 48.5 Å². The van der Waals surface area contributed by atoms with Crippen molar-refractivity contribution >= 4 is 11.6 Å². The number of benzene rings is 2. The summed E-state index contributed by atoms with van der Waals surface area (Å²) >= 11 is 0. The Morgan fingerprint density at radius 2 is 1.96 bits per heavy atom. The van der Waals surface area contributed by atoms with Gasteiger partial charge in [0.1, 0.15) is 5.82 Å². The van der Waals surface area contributed by atoms with Crippen LogP contribution in [-0.4, -0.2) is 35.6 Å². The van der Waals surface area contributed by atoms with E-state index in [0.717, 1.165) is 12.8 Å². The molecular weight excluding hydrogens is 319 g/mol. The number of aryl methyl sites for hydroxylation is 1. The van der Waals surface area contributed by atoms with Crippen LogP contribution in [0.2, 0.25) is 0 Å². The lowest BCUT2D eigenvalue weighted by atomic mass is 10.1. The molecule has 1 amide bonds. The summed E-state index contributed by atoms with van der Waals surface area (Å²) in [5.41, 5.74) is 2.76. The number of anilines is 1. The van der Waals surface area contributed by atoms with Crippen LogP contribution in [0.4, 0.5) is 10.1 Å². The molecule has 1 aliphatic rings. The topological polar surface area (TPSA) is 52.6 Å². The third kappa shape index (κ3) is 4.24. The highest BCUT2D eigenvalue weighted by atomic mass is 19.1. The lowest BCUT2D eigenvalue weighted by Crippen LogP contribution is -2.36. The number of halogens is 1. The van der Waals surface area contributed by atoms with Crippen molar-refractivity contribution in [2.45, 2.75) is 25.3 Å². The molecule has 5 heteroatoms. The van der Waals surface area contributed by atoms with E-state index in [4.69, 9.17) is 0 Å². The first-order valence-corrected chi connectivity index (χ1v) is 8.66. The zero-order valence-electron chi connectivity index (χ0n) is 14.1. The van der Waals surface area contributed by atoms with Gasteiger partial charge in [0.05, 0.1) is 12.2 Å². The van der Waals surface area contributed by atoms with E-state index in [-0.39, 0.29) is 30.8 Å². The summed E-state index contributed by atoms with van der Waals surface area (Å²) in [7, 11) is 0. The summed E-state index contributed by atoms with van der Waals surface area (Å²) in [4.78, 5) is 14.5. The number of hydrogen-bond donors (Lipinski definition) is 2.